The zero-order valence-corrected chi connectivity index (χ0v) is 43.5. The second kappa shape index (κ2) is 22.7. The predicted octanol–water partition coefficient (Wildman–Crippen LogP) is 9.86. The van der Waals surface area contributed by atoms with Crippen molar-refractivity contribution in [1.29, 1.82) is 0 Å². The summed E-state index contributed by atoms with van der Waals surface area (Å²) in [7, 11) is 3.45. The lowest BCUT2D eigenvalue weighted by Gasteiger charge is -2.44. The SMILES string of the molecule is Cc1cc(C(=O)N(C)CCCN(C)C(=O)CO[C@H]2Cc3ccccc3C23CCN(CC[C@@]2(c4ccc(F)cc4)CN(C(=O)c4cc(C(F)(F)F)cc(C(F)(F)F)c4)CO2)CC3)cc(C)c1CCNC(=O)OC(C)(C)C. The Hall–Kier alpha value is -6.05. The van der Waals surface area contributed by atoms with Gasteiger partial charge in [-0.25, -0.2) is 9.18 Å². The van der Waals surface area contributed by atoms with Gasteiger partial charge in [0.1, 0.15) is 30.4 Å². The molecule has 406 valence electrons. The first-order valence-corrected chi connectivity index (χ1v) is 25.2. The molecule has 0 saturated carbocycles. The number of halogens is 7. The Kier molecular flexibility index (Phi) is 17.1. The molecule has 1 N–H and O–H groups in total. The molecular weight excluding hydrogens is 988 g/mol. The second-order valence-corrected chi connectivity index (χ2v) is 21.1. The van der Waals surface area contributed by atoms with E-state index >= 15 is 0 Å². The molecule has 4 aromatic rings. The lowest BCUT2D eigenvalue weighted by atomic mass is 9.72. The number of hydrogen-bond donors (Lipinski definition) is 1. The Labute approximate surface area is 433 Å². The van der Waals surface area contributed by atoms with Crippen LogP contribution in [0, 0.1) is 19.7 Å². The lowest BCUT2D eigenvalue weighted by molar-refractivity contribution is -0.143. The van der Waals surface area contributed by atoms with Crippen LogP contribution in [0.2, 0.25) is 0 Å². The maximum Gasteiger partial charge on any atom is 0.416 e. The van der Waals surface area contributed by atoms with Crippen LogP contribution in [0.1, 0.15) is 112 Å². The summed E-state index contributed by atoms with van der Waals surface area (Å²) in [5.74, 6) is -1.94. The number of amides is 4. The standard InChI is InChI=1S/C56H66F7N5O7/c1-36-27-39(28-37(2)45(36)17-21-64-51(72)75-52(3,4)5)49(70)66(7)23-10-22-65(6)48(69)33-73-47-31-38-11-8-9-12-46(38)53(47)18-24-67(25-19-53)26-20-54(41-13-15-44(57)16-14-41)34-68(35-74-54)50(71)40-29-42(55(58,59)60)32-43(30-40)56(61,62)63/h8-9,11-16,27-30,32,47H,10,17-26,31,33-35H2,1-7H3,(H,64,72)/t47-,54-/m0/s1. The molecule has 7 rings (SSSR count). The molecule has 0 aromatic heterocycles. The van der Waals surface area contributed by atoms with E-state index in [1.165, 1.54) is 24.3 Å². The maximum absolute atomic E-state index is 14.2. The quantitative estimate of drug-likeness (QED) is 0.110. The van der Waals surface area contributed by atoms with Crippen molar-refractivity contribution in [2.24, 2.45) is 0 Å². The van der Waals surface area contributed by atoms with Gasteiger partial charge in [-0.15, -0.1) is 0 Å². The van der Waals surface area contributed by atoms with Crippen LogP contribution in [0.5, 0.6) is 0 Å². The van der Waals surface area contributed by atoms with Crippen LogP contribution in [0.25, 0.3) is 0 Å². The van der Waals surface area contributed by atoms with Crippen LogP contribution >= 0.6 is 0 Å². The number of likely N-dealkylation sites (tertiary alicyclic amines) is 1. The summed E-state index contributed by atoms with van der Waals surface area (Å²) in [4.78, 5) is 59.4. The molecule has 2 atom stereocenters. The first kappa shape index (κ1) is 56.7. The van der Waals surface area contributed by atoms with Crippen LogP contribution in [0.3, 0.4) is 0 Å². The molecule has 12 nitrogen and oxygen atoms in total. The number of carbonyl (C=O) groups is 4. The molecule has 75 heavy (non-hydrogen) atoms. The number of ether oxygens (including phenoxy) is 3. The van der Waals surface area contributed by atoms with Crippen LogP contribution in [0.15, 0.2) is 78.9 Å². The molecular formula is C56H66F7N5O7. The molecule has 2 saturated heterocycles. The van der Waals surface area contributed by atoms with E-state index in [0.29, 0.717) is 94.6 Å². The van der Waals surface area contributed by atoms with Gasteiger partial charge in [0, 0.05) is 56.8 Å². The summed E-state index contributed by atoms with van der Waals surface area (Å²) < 4.78 is 115. The molecule has 1 spiro atoms. The van der Waals surface area contributed by atoms with Gasteiger partial charge in [0.15, 0.2) is 0 Å². The van der Waals surface area contributed by atoms with E-state index in [0.717, 1.165) is 32.7 Å². The molecule has 3 aliphatic rings. The van der Waals surface area contributed by atoms with Crippen LogP contribution in [-0.4, -0.2) is 128 Å². The highest BCUT2D eigenvalue weighted by Gasteiger charge is 2.50. The average Bonchev–Trinajstić information content (AvgIpc) is 3.92. The molecule has 2 fully saturated rings. The van der Waals surface area contributed by atoms with Crippen LogP contribution in [0.4, 0.5) is 35.5 Å². The second-order valence-electron chi connectivity index (χ2n) is 21.1. The van der Waals surface area contributed by atoms with Gasteiger partial charge in [0.2, 0.25) is 5.91 Å². The van der Waals surface area contributed by atoms with Gasteiger partial charge < -0.3 is 39.1 Å². The molecule has 2 heterocycles. The highest BCUT2D eigenvalue weighted by atomic mass is 19.4. The lowest BCUT2D eigenvalue weighted by Crippen LogP contribution is -2.50. The fraction of sp³-hybridized carbons (Fsp3) is 0.500. The van der Waals surface area contributed by atoms with Crippen LogP contribution < -0.4 is 5.32 Å². The molecule has 0 radical (unpaired) electrons. The molecule has 0 unspecified atom stereocenters. The van der Waals surface area contributed by atoms with Gasteiger partial charge in [0.25, 0.3) is 11.8 Å². The molecule has 4 amide bonds. The van der Waals surface area contributed by atoms with Crippen molar-refractivity contribution in [3.63, 3.8) is 0 Å². The van der Waals surface area contributed by atoms with Gasteiger partial charge in [-0.2, -0.15) is 26.3 Å². The third-order valence-electron chi connectivity index (χ3n) is 14.7. The van der Waals surface area contributed by atoms with Gasteiger partial charge in [-0.05, 0) is 162 Å². The molecule has 1 aliphatic carbocycles. The Morgan fingerprint density at radius 3 is 2.04 bits per heavy atom. The summed E-state index contributed by atoms with van der Waals surface area (Å²) in [5.41, 5.74) is 0.0325. The largest absolute Gasteiger partial charge is 0.444 e. The van der Waals surface area contributed by atoms with Crippen molar-refractivity contribution >= 4 is 23.8 Å². The summed E-state index contributed by atoms with van der Waals surface area (Å²) in [5, 5.41) is 2.78. The fourth-order valence-electron chi connectivity index (χ4n) is 10.7. The van der Waals surface area contributed by atoms with Crippen molar-refractivity contribution in [2.75, 3.05) is 73.2 Å². The van der Waals surface area contributed by atoms with Gasteiger partial charge in [-0.3, -0.25) is 14.4 Å². The third kappa shape index (κ3) is 13.5. The van der Waals surface area contributed by atoms with E-state index in [-0.39, 0.29) is 43.6 Å². The number of benzene rings is 4. The van der Waals surface area contributed by atoms with Crippen molar-refractivity contribution in [3.05, 3.63) is 140 Å². The van der Waals surface area contributed by atoms with E-state index in [1.54, 1.807) is 44.7 Å². The Bertz CT molecular complexity index is 2660. The van der Waals surface area contributed by atoms with Gasteiger partial charge >= 0.3 is 18.4 Å². The number of likely N-dealkylation sites (N-methyl/N-ethyl adjacent to an activating group) is 1. The number of fused-ring (bicyclic) bond motifs is 2. The number of piperidine rings is 1. The van der Waals surface area contributed by atoms with Gasteiger partial charge in [0.05, 0.1) is 23.8 Å². The average molecular weight is 1050 g/mol. The number of alkyl halides is 6. The van der Waals surface area contributed by atoms with Gasteiger partial charge in [-0.1, -0.05) is 36.4 Å². The van der Waals surface area contributed by atoms with Crippen molar-refractivity contribution in [1.82, 2.24) is 24.9 Å². The molecule has 2 aliphatic heterocycles. The van der Waals surface area contributed by atoms with E-state index in [4.69, 9.17) is 14.2 Å². The fourth-order valence-corrected chi connectivity index (χ4v) is 10.7. The minimum absolute atomic E-state index is 0.0297. The summed E-state index contributed by atoms with van der Waals surface area (Å²) in [6.07, 6.45) is -7.72. The predicted molar refractivity (Wildman–Crippen MR) is 266 cm³/mol. The zero-order valence-electron chi connectivity index (χ0n) is 43.5. The highest BCUT2D eigenvalue weighted by Crippen LogP contribution is 2.48. The van der Waals surface area contributed by atoms with Crippen LogP contribution in [-0.2, 0) is 55.2 Å². The topological polar surface area (TPSA) is 121 Å². The maximum atomic E-state index is 14.2. The Morgan fingerprint density at radius 1 is 0.813 bits per heavy atom. The first-order chi connectivity index (χ1) is 35.2. The van der Waals surface area contributed by atoms with Crippen molar-refractivity contribution in [2.45, 2.75) is 108 Å². The van der Waals surface area contributed by atoms with E-state index in [9.17, 15) is 49.9 Å². The minimum atomic E-state index is -5.14. The number of hydrogen-bond acceptors (Lipinski definition) is 8. The third-order valence-corrected chi connectivity index (χ3v) is 14.7. The van der Waals surface area contributed by atoms with Crippen molar-refractivity contribution < 1.29 is 64.1 Å². The summed E-state index contributed by atoms with van der Waals surface area (Å²) in [6, 6.07) is 18.1. The number of alkyl carbamates (subject to hydrolysis) is 1. The minimum Gasteiger partial charge on any atom is -0.444 e. The Balaban J connectivity index is 0.930. The highest BCUT2D eigenvalue weighted by molar-refractivity contribution is 5.95. The van der Waals surface area contributed by atoms with E-state index in [2.05, 4.69) is 22.3 Å². The van der Waals surface area contributed by atoms with E-state index in [1.807, 2.05) is 38.1 Å². The molecule has 19 heteroatoms. The summed E-state index contributed by atoms with van der Waals surface area (Å²) >= 11 is 0. The number of carbonyl (C=O) groups excluding carboxylic acids is 4. The first-order valence-electron chi connectivity index (χ1n) is 25.2. The number of rotatable bonds is 16. The normalized spacial score (nSPS) is 18.7. The van der Waals surface area contributed by atoms with E-state index < -0.39 is 70.2 Å². The molecule has 4 aromatic carbocycles. The number of nitrogens with zero attached hydrogens (tertiary/aromatic N) is 4. The monoisotopic (exact) mass is 1050 g/mol. The Morgan fingerprint density at radius 2 is 1.43 bits per heavy atom. The smallest absolute Gasteiger partial charge is 0.416 e. The zero-order chi connectivity index (χ0) is 54.7. The van der Waals surface area contributed by atoms with Crippen molar-refractivity contribution in [3.8, 4) is 0 Å². The molecule has 0 bridgehead atoms. The number of aryl methyl sites for hydroxylation is 2. The summed E-state index contributed by atoms with van der Waals surface area (Å²) in [6.45, 7) is 11.4. The number of nitrogens with one attached hydrogen (secondary N) is 1.